The molecule has 1 fully saturated rings. The number of non-ortho nitro benzene ring substituents is 1. The normalized spacial score (nSPS) is 16.9. The van der Waals surface area contributed by atoms with E-state index in [9.17, 15) is 10.1 Å². The Kier molecular flexibility index (Phi) is 10.3. The largest absolute Gasteiger partial charge is 0.381 e. The number of hydrogen-bond acceptors (Lipinski definition) is 5. The molecule has 1 atom stereocenters. The lowest BCUT2D eigenvalue weighted by Gasteiger charge is -2.15. The molecule has 0 aliphatic carbocycles. The van der Waals surface area contributed by atoms with E-state index in [2.05, 4.69) is 22.5 Å². The van der Waals surface area contributed by atoms with Gasteiger partial charge in [0, 0.05) is 51.0 Å². The van der Waals surface area contributed by atoms with Crippen LogP contribution in [-0.4, -0.2) is 50.4 Å². The molecule has 0 saturated carbocycles. The Bertz CT molecular complexity index is 601. The Balaban J connectivity index is 1.81. The van der Waals surface area contributed by atoms with E-state index in [0.29, 0.717) is 12.5 Å². The van der Waals surface area contributed by atoms with Gasteiger partial charge >= 0.3 is 0 Å². The first-order valence-electron chi connectivity index (χ1n) is 10.1. The van der Waals surface area contributed by atoms with Crippen molar-refractivity contribution in [2.75, 3.05) is 39.5 Å². The van der Waals surface area contributed by atoms with Crippen molar-refractivity contribution in [1.29, 1.82) is 0 Å². The van der Waals surface area contributed by atoms with E-state index < -0.39 is 4.92 Å². The molecule has 2 N–H and O–H groups in total. The first kappa shape index (κ1) is 22.1. The van der Waals surface area contributed by atoms with Gasteiger partial charge < -0.3 is 20.1 Å². The minimum Gasteiger partial charge on any atom is -0.381 e. The Morgan fingerprint density at radius 1 is 1.29 bits per heavy atom. The van der Waals surface area contributed by atoms with E-state index in [-0.39, 0.29) is 5.69 Å². The molecule has 1 aromatic rings. The predicted molar refractivity (Wildman–Crippen MR) is 110 cm³/mol. The third kappa shape index (κ3) is 8.67. The maximum atomic E-state index is 10.8. The fourth-order valence-corrected chi connectivity index (χ4v) is 2.78. The number of nitro benzene ring substituents is 1. The van der Waals surface area contributed by atoms with Crippen molar-refractivity contribution in [3.05, 3.63) is 39.9 Å². The summed E-state index contributed by atoms with van der Waals surface area (Å²) in [7, 11) is 0. The van der Waals surface area contributed by atoms with Crippen LogP contribution in [0.1, 0.15) is 38.2 Å². The number of nitro groups is 1. The Labute approximate surface area is 166 Å². The van der Waals surface area contributed by atoms with Crippen molar-refractivity contribution in [3.63, 3.8) is 0 Å². The lowest BCUT2D eigenvalue weighted by molar-refractivity contribution is -0.384. The van der Waals surface area contributed by atoms with Crippen LogP contribution >= 0.6 is 0 Å². The van der Waals surface area contributed by atoms with Crippen LogP contribution in [0.4, 0.5) is 5.69 Å². The smallest absolute Gasteiger partial charge is 0.269 e. The molecule has 1 aliphatic heterocycles. The molecule has 0 radical (unpaired) electrons. The molecule has 8 heteroatoms. The van der Waals surface area contributed by atoms with Gasteiger partial charge in [-0.05, 0) is 24.8 Å². The van der Waals surface area contributed by atoms with Gasteiger partial charge in [-0.3, -0.25) is 10.1 Å². The average Bonchev–Trinajstić information content (AvgIpc) is 3.22. The minimum atomic E-state index is -0.395. The number of unbranched alkanes of at least 4 members (excludes halogenated alkanes) is 1. The average molecular weight is 393 g/mol. The van der Waals surface area contributed by atoms with E-state index in [1.807, 2.05) is 0 Å². The molecule has 8 nitrogen and oxygen atoms in total. The van der Waals surface area contributed by atoms with Gasteiger partial charge in [0.25, 0.3) is 5.69 Å². The van der Waals surface area contributed by atoms with Gasteiger partial charge in [0.1, 0.15) is 0 Å². The maximum absolute atomic E-state index is 10.8. The third-order valence-electron chi connectivity index (χ3n) is 4.55. The molecule has 1 aliphatic rings. The highest BCUT2D eigenvalue weighted by molar-refractivity contribution is 5.79. The quantitative estimate of drug-likeness (QED) is 0.187. The molecule has 0 bridgehead atoms. The number of ether oxygens (including phenoxy) is 2. The van der Waals surface area contributed by atoms with E-state index in [1.54, 1.807) is 12.1 Å². The first-order valence-corrected chi connectivity index (χ1v) is 10.1. The predicted octanol–water partition coefficient (Wildman–Crippen LogP) is 2.87. The Morgan fingerprint density at radius 2 is 2.07 bits per heavy atom. The minimum absolute atomic E-state index is 0.0912. The molecule has 156 valence electrons. The van der Waals surface area contributed by atoms with Gasteiger partial charge in [0.2, 0.25) is 0 Å². The van der Waals surface area contributed by atoms with Gasteiger partial charge in [-0.1, -0.05) is 25.5 Å². The summed E-state index contributed by atoms with van der Waals surface area (Å²) in [6.07, 6.45) is 4.22. The van der Waals surface area contributed by atoms with Gasteiger partial charge in [0.05, 0.1) is 18.1 Å². The molecular formula is C20H32N4O4. The standard InChI is InChI=1S/C20H32N4O4/c1-2-3-11-27-12-4-10-21-20(23-15-18-9-13-28-16-18)22-14-17-5-7-19(8-6-17)24(25)26/h5-8,18H,2-4,9-16H2,1H3,(H2,21,22,23). The highest BCUT2D eigenvalue weighted by atomic mass is 16.6. The summed E-state index contributed by atoms with van der Waals surface area (Å²) in [6.45, 7) is 7.37. The van der Waals surface area contributed by atoms with E-state index in [0.717, 1.165) is 76.7 Å². The van der Waals surface area contributed by atoms with Crippen molar-refractivity contribution in [2.24, 2.45) is 10.9 Å². The second kappa shape index (κ2) is 13.1. The lowest BCUT2D eigenvalue weighted by atomic mass is 10.1. The fraction of sp³-hybridized carbons (Fsp3) is 0.650. The summed E-state index contributed by atoms with van der Waals surface area (Å²) in [5, 5.41) is 17.5. The Hall–Kier alpha value is -2.19. The highest BCUT2D eigenvalue weighted by Crippen LogP contribution is 2.13. The van der Waals surface area contributed by atoms with E-state index >= 15 is 0 Å². The van der Waals surface area contributed by atoms with Crippen LogP contribution < -0.4 is 10.6 Å². The van der Waals surface area contributed by atoms with E-state index in [4.69, 9.17) is 9.47 Å². The zero-order valence-corrected chi connectivity index (χ0v) is 16.7. The summed E-state index contributed by atoms with van der Waals surface area (Å²) >= 11 is 0. The van der Waals surface area contributed by atoms with Crippen molar-refractivity contribution >= 4 is 11.6 Å². The van der Waals surface area contributed by atoms with E-state index in [1.165, 1.54) is 12.1 Å². The van der Waals surface area contributed by atoms with Crippen LogP contribution in [0.2, 0.25) is 0 Å². The monoisotopic (exact) mass is 392 g/mol. The van der Waals surface area contributed by atoms with Crippen LogP contribution in [0.3, 0.4) is 0 Å². The fourth-order valence-electron chi connectivity index (χ4n) is 2.78. The van der Waals surface area contributed by atoms with Crippen LogP contribution in [-0.2, 0) is 16.0 Å². The zero-order valence-electron chi connectivity index (χ0n) is 16.7. The summed E-state index contributed by atoms with van der Waals surface area (Å²) in [5.74, 6) is 1.25. The van der Waals surface area contributed by atoms with Crippen LogP contribution in [0.5, 0.6) is 0 Å². The zero-order chi connectivity index (χ0) is 20.0. The van der Waals surface area contributed by atoms with Crippen LogP contribution in [0, 0.1) is 16.0 Å². The molecule has 0 aromatic heterocycles. The van der Waals surface area contributed by atoms with Crippen molar-refractivity contribution in [1.82, 2.24) is 10.6 Å². The topological polar surface area (TPSA) is 98.0 Å². The molecule has 0 spiro atoms. The highest BCUT2D eigenvalue weighted by Gasteiger charge is 2.15. The Morgan fingerprint density at radius 3 is 2.75 bits per heavy atom. The van der Waals surface area contributed by atoms with Gasteiger partial charge in [-0.15, -0.1) is 0 Å². The number of guanidine groups is 1. The third-order valence-corrected chi connectivity index (χ3v) is 4.55. The van der Waals surface area contributed by atoms with Crippen molar-refractivity contribution < 1.29 is 14.4 Å². The number of nitrogens with zero attached hydrogens (tertiary/aromatic N) is 2. The van der Waals surface area contributed by atoms with Crippen molar-refractivity contribution in [3.8, 4) is 0 Å². The number of aliphatic imine (C=N–C) groups is 1. The van der Waals surface area contributed by atoms with Crippen LogP contribution in [0.25, 0.3) is 0 Å². The second-order valence-corrected chi connectivity index (χ2v) is 6.95. The molecular weight excluding hydrogens is 360 g/mol. The molecule has 1 heterocycles. The maximum Gasteiger partial charge on any atom is 0.269 e. The number of benzene rings is 1. The molecule has 1 aromatic carbocycles. The van der Waals surface area contributed by atoms with Gasteiger partial charge in [-0.2, -0.15) is 0 Å². The first-order chi connectivity index (χ1) is 13.7. The van der Waals surface area contributed by atoms with Crippen molar-refractivity contribution in [2.45, 2.75) is 39.2 Å². The molecule has 1 saturated heterocycles. The second-order valence-electron chi connectivity index (χ2n) is 6.95. The molecule has 28 heavy (non-hydrogen) atoms. The summed E-state index contributed by atoms with van der Waals surface area (Å²) in [4.78, 5) is 15.0. The SMILES string of the molecule is CCCCOCCCNC(=NCc1ccc([N+](=O)[O-])cc1)NCC1CCOC1. The number of rotatable bonds is 12. The summed E-state index contributed by atoms with van der Waals surface area (Å²) in [6, 6.07) is 6.50. The summed E-state index contributed by atoms with van der Waals surface area (Å²) in [5.41, 5.74) is 1.02. The molecule has 2 rings (SSSR count). The molecule has 0 amide bonds. The van der Waals surface area contributed by atoms with Crippen LogP contribution in [0.15, 0.2) is 29.3 Å². The van der Waals surface area contributed by atoms with Gasteiger partial charge in [0.15, 0.2) is 5.96 Å². The molecule has 1 unspecified atom stereocenters. The number of nitrogens with one attached hydrogen (secondary N) is 2. The number of hydrogen-bond donors (Lipinski definition) is 2. The van der Waals surface area contributed by atoms with Gasteiger partial charge in [-0.25, -0.2) is 4.99 Å². The lowest BCUT2D eigenvalue weighted by Crippen LogP contribution is -2.40. The summed E-state index contributed by atoms with van der Waals surface area (Å²) < 4.78 is 11.0.